The molecule has 0 saturated carbocycles. The van der Waals surface area contributed by atoms with Crippen molar-refractivity contribution >= 4 is 35.1 Å². The zero-order valence-electron chi connectivity index (χ0n) is 30.8. The van der Waals surface area contributed by atoms with Gasteiger partial charge < -0.3 is 24.8 Å². The van der Waals surface area contributed by atoms with E-state index >= 15 is 0 Å². The number of amides is 1. The molecule has 3 aromatic carbocycles. The molecule has 0 bridgehead atoms. The molecule has 2 N–H and O–H groups in total. The number of nitrogens with one attached hydrogen (secondary N) is 1. The van der Waals surface area contributed by atoms with E-state index in [0.717, 1.165) is 67.8 Å². The van der Waals surface area contributed by atoms with Gasteiger partial charge in [-0.2, -0.15) is 18.2 Å². The normalized spacial score (nSPS) is 14.6. The fraction of sp³-hybridized carbons (Fsp3) is 0.410. The summed E-state index contributed by atoms with van der Waals surface area (Å²) in [6.45, 7) is 15.6. The topological polar surface area (TPSA) is 103 Å². The van der Waals surface area contributed by atoms with Crippen LogP contribution in [0, 0.1) is 20.8 Å². The molecule has 5 rings (SSSR count). The number of aryl methyl sites for hydroxylation is 3. The average Bonchev–Trinajstić information content (AvgIpc) is 3.09. The maximum Gasteiger partial charge on any atom is 0.416 e. The van der Waals surface area contributed by atoms with Gasteiger partial charge in [0.05, 0.1) is 25.3 Å². The first-order valence-corrected chi connectivity index (χ1v) is 17.9. The van der Waals surface area contributed by atoms with E-state index < -0.39 is 23.9 Å². The minimum Gasteiger partial charge on any atom is -0.493 e. The molecule has 1 aromatic heterocycles. The van der Waals surface area contributed by atoms with Crippen molar-refractivity contribution in [2.75, 3.05) is 56.7 Å². The summed E-state index contributed by atoms with van der Waals surface area (Å²) in [5.41, 5.74) is 2.30. The van der Waals surface area contributed by atoms with Crippen LogP contribution in [-0.4, -0.2) is 83.4 Å². The zero-order chi connectivity index (χ0) is 38.4. The number of carbonyl (C=O) groups is 1. The number of piperazine rings is 1. The Balaban J connectivity index is 1.39. The first kappa shape index (κ1) is 39.6. The number of hydrogen-bond acceptors (Lipinski definition) is 8. The minimum atomic E-state index is -4.69. The number of aromatic nitrogens is 2. The lowest BCUT2D eigenvalue weighted by atomic mass is 9.88. The second-order valence-electron chi connectivity index (χ2n) is 13.5. The molecule has 0 spiro atoms. The first-order valence-electron chi connectivity index (χ1n) is 17.5. The zero-order valence-corrected chi connectivity index (χ0v) is 31.6. The summed E-state index contributed by atoms with van der Waals surface area (Å²) in [6.07, 6.45) is -3.91. The SMILES string of the molecule is COc1cc(Nc2nccc(N(C(=O)O)C(c3cc(C(F)(F)F)ccc3Cl)c3c(C)cc(C)cc3C)n2)ccc1OCCCN1CCN(C(C)C)CC1. The predicted molar refractivity (Wildman–Crippen MR) is 201 cm³/mol. The highest BCUT2D eigenvalue weighted by atomic mass is 35.5. The number of benzene rings is 3. The monoisotopic (exact) mass is 754 g/mol. The van der Waals surface area contributed by atoms with Crippen LogP contribution in [0.5, 0.6) is 11.5 Å². The molecule has 1 amide bonds. The van der Waals surface area contributed by atoms with Crippen molar-refractivity contribution in [3.8, 4) is 11.5 Å². The highest BCUT2D eigenvalue weighted by molar-refractivity contribution is 6.31. The van der Waals surface area contributed by atoms with Gasteiger partial charge in [0.2, 0.25) is 5.95 Å². The maximum absolute atomic E-state index is 14.0. The largest absolute Gasteiger partial charge is 0.493 e. The number of hydrogen-bond donors (Lipinski definition) is 2. The molecule has 4 aromatic rings. The molecule has 1 fully saturated rings. The van der Waals surface area contributed by atoms with Gasteiger partial charge in [0.1, 0.15) is 5.82 Å². The van der Waals surface area contributed by atoms with E-state index in [1.54, 1.807) is 32.0 Å². The van der Waals surface area contributed by atoms with Gasteiger partial charge in [-0.3, -0.25) is 4.90 Å². The Hall–Kier alpha value is -4.59. The number of carboxylic acid groups (broad SMARTS) is 1. The third kappa shape index (κ3) is 9.70. The second-order valence-corrected chi connectivity index (χ2v) is 13.9. The molecular weight excluding hydrogens is 709 g/mol. The summed E-state index contributed by atoms with van der Waals surface area (Å²) in [5.74, 6) is 1.02. The molecule has 1 atom stereocenters. The van der Waals surface area contributed by atoms with Crippen molar-refractivity contribution in [3.63, 3.8) is 0 Å². The summed E-state index contributed by atoms with van der Waals surface area (Å²) in [5, 5.41) is 13.8. The van der Waals surface area contributed by atoms with E-state index in [-0.39, 0.29) is 22.4 Å². The molecular formula is C39H46ClF3N6O4. The number of ether oxygens (including phenoxy) is 2. The van der Waals surface area contributed by atoms with Crippen molar-refractivity contribution in [2.45, 2.75) is 59.3 Å². The Morgan fingerprint density at radius 2 is 1.70 bits per heavy atom. The molecule has 53 heavy (non-hydrogen) atoms. The van der Waals surface area contributed by atoms with Crippen molar-refractivity contribution in [1.29, 1.82) is 0 Å². The van der Waals surface area contributed by atoms with Crippen LogP contribution < -0.4 is 19.7 Å². The number of rotatable bonds is 13. The second kappa shape index (κ2) is 17.0. The van der Waals surface area contributed by atoms with E-state index in [0.29, 0.717) is 46.5 Å². The smallest absolute Gasteiger partial charge is 0.416 e. The summed E-state index contributed by atoms with van der Waals surface area (Å²) in [4.78, 5) is 27.8. The van der Waals surface area contributed by atoms with Crippen LogP contribution in [0.3, 0.4) is 0 Å². The van der Waals surface area contributed by atoms with Crippen molar-refractivity contribution < 1.29 is 32.5 Å². The highest BCUT2D eigenvalue weighted by Crippen LogP contribution is 2.42. The number of halogens is 4. The molecule has 14 heteroatoms. The van der Waals surface area contributed by atoms with E-state index in [1.807, 2.05) is 19.1 Å². The molecule has 1 aliphatic rings. The third-order valence-electron chi connectivity index (χ3n) is 9.41. The quantitative estimate of drug-likeness (QED) is 0.130. The van der Waals surface area contributed by atoms with Crippen molar-refractivity contribution in [2.24, 2.45) is 0 Å². The van der Waals surface area contributed by atoms with Gasteiger partial charge in [0.15, 0.2) is 11.5 Å². The first-order chi connectivity index (χ1) is 25.2. The van der Waals surface area contributed by atoms with Crippen LogP contribution in [-0.2, 0) is 6.18 Å². The Labute approximate surface area is 313 Å². The molecule has 2 heterocycles. The molecule has 10 nitrogen and oxygen atoms in total. The molecule has 1 saturated heterocycles. The van der Waals surface area contributed by atoms with Gasteiger partial charge in [-0.1, -0.05) is 29.3 Å². The maximum atomic E-state index is 14.0. The molecule has 1 aliphatic heterocycles. The van der Waals surface area contributed by atoms with E-state index in [9.17, 15) is 23.1 Å². The van der Waals surface area contributed by atoms with Gasteiger partial charge in [-0.15, -0.1) is 0 Å². The lowest BCUT2D eigenvalue weighted by Gasteiger charge is -2.36. The molecule has 0 aliphatic carbocycles. The van der Waals surface area contributed by atoms with Crippen LogP contribution in [0.2, 0.25) is 5.02 Å². The summed E-state index contributed by atoms with van der Waals surface area (Å²) < 4.78 is 53.5. The number of methoxy groups -OCH3 is 1. The van der Waals surface area contributed by atoms with Crippen molar-refractivity contribution in [1.82, 2.24) is 19.8 Å². The van der Waals surface area contributed by atoms with Gasteiger partial charge in [0, 0.05) is 61.7 Å². The van der Waals surface area contributed by atoms with Crippen LogP contribution in [0.15, 0.2) is 60.8 Å². The number of anilines is 3. The Morgan fingerprint density at radius 3 is 2.32 bits per heavy atom. The lowest BCUT2D eigenvalue weighted by Crippen LogP contribution is -2.49. The minimum absolute atomic E-state index is 0.0279. The van der Waals surface area contributed by atoms with Crippen molar-refractivity contribution in [3.05, 3.63) is 99.2 Å². The Bertz CT molecular complexity index is 1880. The van der Waals surface area contributed by atoms with Gasteiger partial charge in [-0.05, 0) is 99.7 Å². The molecule has 1 unspecified atom stereocenters. The molecule has 284 valence electrons. The van der Waals surface area contributed by atoms with Gasteiger partial charge in [-0.25, -0.2) is 14.7 Å². The Morgan fingerprint density at radius 1 is 1.00 bits per heavy atom. The fourth-order valence-electron chi connectivity index (χ4n) is 6.83. The highest BCUT2D eigenvalue weighted by Gasteiger charge is 2.37. The predicted octanol–water partition coefficient (Wildman–Crippen LogP) is 8.90. The Kier molecular flexibility index (Phi) is 12.7. The standard InChI is InChI=1S/C39H46ClF3N6O4/c1-24(2)48-17-15-47(16-18-48)14-7-19-53-32-11-9-29(23-33(32)52-6)45-37-44-13-12-34(46-37)49(38(50)51)36(35-26(4)20-25(3)21-27(35)5)30-22-28(39(41,42)43)8-10-31(30)40/h8-13,20-24,36H,7,14-19H2,1-6H3,(H,50,51)(H,44,45,46). The lowest BCUT2D eigenvalue weighted by molar-refractivity contribution is -0.137. The third-order valence-corrected chi connectivity index (χ3v) is 9.76. The van der Waals surface area contributed by atoms with Crippen LogP contribution in [0.1, 0.15) is 59.7 Å². The number of alkyl halides is 3. The average molecular weight is 755 g/mol. The van der Waals surface area contributed by atoms with E-state index in [2.05, 4.69) is 38.9 Å². The van der Waals surface area contributed by atoms with E-state index in [4.69, 9.17) is 21.1 Å². The van der Waals surface area contributed by atoms with Crippen LogP contribution in [0.4, 0.5) is 35.4 Å². The van der Waals surface area contributed by atoms with Gasteiger partial charge in [0.25, 0.3) is 0 Å². The van der Waals surface area contributed by atoms with E-state index in [1.165, 1.54) is 19.4 Å². The van der Waals surface area contributed by atoms with Crippen LogP contribution in [0.25, 0.3) is 0 Å². The molecule has 0 radical (unpaired) electrons. The fourth-order valence-corrected chi connectivity index (χ4v) is 7.05. The summed E-state index contributed by atoms with van der Waals surface area (Å²) in [6, 6.07) is 12.5. The summed E-state index contributed by atoms with van der Waals surface area (Å²) >= 11 is 6.57. The van der Waals surface area contributed by atoms with Crippen LogP contribution >= 0.6 is 11.6 Å². The number of nitrogens with zero attached hydrogens (tertiary/aromatic N) is 5. The summed E-state index contributed by atoms with van der Waals surface area (Å²) in [7, 11) is 1.54. The van der Waals surface area contributed by atoms with Gasteiger partial charge >= 0.3 is 12.3 Å².